The van der Waals surface area contributed by atoms with Gasteiger partial charge in [-0.2, -0.15) is 11.1 Å². The molecule has 0 aromatic heterocycles. The Morgan fingerprint density at radius 1 is 0.889 bits per heavy atom. The van der Waals surface area contributed by atoms with Crippen molar-refractivity contribution in [1.29, 1.82) is 0 Å². The summed E-state index contributed by atoms with van der Waals surface area (Å²) < 4.78 is 0. The molecule has 102 valence electrons. The molecule has 0 radical (unpaired) electrons. The summed E-state index contributed by atoms with van der Waals surface area (Å²) in [5.41, 5.74) is 0. The Balaban J connectivity index is 3.46. The zero-order chi connectivity index (χ0) is 14.0. The van der Waals surface area contributed by atoms with E-state index in [-0.39, 0.29) is 10.1 Å². The molecule has 0 spiro atoms. The van der Waals surface area contributed by atoms with Gasteiger partial charge in [0.05, 0.1) is 0 Å². The zero-order valence-corrected chi connectivity index (χ0v) is 14.4. The Labute approximate surface area is 118 Å². The molecule has 0 atom stereocenters. The smallest absolute Gasteiger partial charge is 0.160 e. The van der Waals surface area contributed by atoms with E-state index in [1.807, 2.05) is 0 Å². The van der Waals surface area contributed by atoms with E-state index >= 15 is 0 Å². The van der Waals surface area contributed by atoms with E-state index in [1.54, 1.807) is 0 Å². The molecule has 18 heavy (non-hydrogen) atoms. The van der Waals surface area contributed by atoms with Crippen LogP contribution in [0.25, 0.3) is 0 Å². The minimum atomic E-state index is -2.11. The highest BCUT2D eigenvalue weighted by Gasteiger charge is 2.55. The molecule has 1 aromatic rings. The number of hydrogen-bond acceptors (Lipinski definition) is 0. The second-order valence-electron chi connectivity index (χ2n) is 6.50. The number of halogens is 1. The van der Waals surface area contributed by atoms with Crippen LogP contribution in [0.15, 0.2) is 30.3 Å². The van der Waals surface area contributed by atoms with E-state index in [4.69, 9.17) is 11.1 Å². The summed E-state index contributed by atoms with van der Waals surface area (Å²) in [6, 6.07) is 10.8. The summed E-state index contributed by atoms with van der Waals surface area (Å²) in [6.45, 7) is 13.9. The van der Waals surface area contributed by atoms with E-state index in [9.17, 15) is 0 Å². The Morgan fingerprint density at radius 3 is 1.61 bits per heavy atom. The molecule has 1 rings (SSSR count). The second-order valence-corrected chi connectivity index (χ2v) is 12.8. The summed E-state index contributed by atoms with van der Waals surface area (Å²) in [7, 11) is -2.11. The van der Waals surface area contributed by atoms with Crippen molar-refractivity contribution in [3.8, 4) is 0 Å². The highest BCUT2D eigenvalue weighted by Crippen LogP contribution is 2.56. The molecule has 0 heterocycles. The Kier molecular flexibility index (Phi) is 4.72. The minimum Gasteiger partial charge on any atom is -0.160 e. The van der Waals surface area contributed by atoms with Crippen LogP contribution in [0.1, 0.15) is 54.4 Å². The number of benzene rings is 1. The van der Waals surface area contributed by atoms with Crippen molar-refractivity contribution in [2.75, 3.05) is 0 Å². The predicted octanol–water partition coefficient (Wildman–Crippen LogP) is 5.46. The average Bonchev–Trinajstić information content (AvgIpc) is 2.38. The van der Waals surface area contributed by atoms with Crippen molar-refractivity contribution >= 4 is 23.6 Å². The van der Waals surface area contributed by atoms with Crippen molar-refractivity contribution in [2.24, 2.45) is 0 Å². The summed E-state index contributed by atoms with van der Waals surface area (Å²) in [5.74, 6) is 0. The molecule has 0 fully saturated rings. The third kappa shape index (κ3) is 2.40. The lowest BCUT2D eigenvalue weighted by atomic mass is 10.1. The molecule has 0 bridgehead atoms. The molecular formula is C16H27ClSi. The van der Waals surface area contributed by atoms with Crippen molar-refractivity contribution in [2.45, 2.75) is 64.5 Å². The molecule has 2 heteroatoms. The van der Waals surface area contributed by atoms with Gasteiger partial charge in [-0.05, 0) is 15.3 Å². The van der Waals surface area contributed by atoms with E-state index in [0.29, 0.717) is 0 Å². The third-order valence-corrected chi connectivity index (χ3v) is 14.1. The van der Waals surface area contributed by atoms with Gasteiger partial charge in [0.15, 0.2) is 7.38 Å². The molecule has 0 saturated carbocycles. The molecule has 0 nitrogen and oxygen atoms in total. The van der Waals surface area contributed by atoms with Crippen LogP contribution in [0.4, 0.5) is 0 Å². The van der Waals surface area contributed by atoms with Crippen molar-refractivity contribution < 1.29 is 0 Å². The lowest BCUT2D eigenvalue weighted by molar-refractivity contribution is 0.550. The molecule has 0 aliphatic heterocycles. The normalized spacial score (nSPS) is 13.7. The fraction of sp³-hybridized carbons (Fsp3) is 0.625. The molecule has 0 amide bonds. The molecule has 0 saturated heterocycles. The van der Waals surface area contributed by atoms with Gasteiger partial charge in [0.1, 0.15) is 0 Å². The molecule has 0 unspecified atom stereocenters. The summed E-state index contributed by atoms with van der Waals surface area (Å²) >= 11 is 7.39. The quantitative estimate of drug-likeness (QED) is 0.497. The average molecular weight is 283 g/mol. The molecular weight excluding hydrogens is 256 g/mol. The van der Waals surface area contributed by atoms with Crippen LogP contribution in [0.5, 0.6) is 0 Å². The van der Waals surface area contributed by atoms with Gasteiger partial charge in [0.2, 0.25) is 0 Å². The first kappa shape index (κ1) is 15.8. The zero-order valence-electron chi connectivity index (χ0n) is 12.7. The maximum atomic E-state index is 7.39. The first-order valence-corrected chi connectivity index (χ1v) is 9.98. The van der Waals surface area contributed by atoms with Gasteiger partial charge >= 0.3 is 0 Å². The lowest BCUT2D eigenvalue weighted by Crippen LogP contribution is -2.58. The maximum absolute atomic E-state index is 7.39. The van der Waals surface area contributed by atoms with Crippen LogP contribution < -0.4 is 5.19 Å². The molecule has 0 aliphatic rings. The SMILES string of the molecule is CCC(C)(C)[Si](Cl)(c1ccccc1)C(C)(C)CC. The number of hydrogen-bond donors (Lipinski definition) is 0. The van der Waals surface area contributed by atoms with Crippen LogP contribution in [0, 0.1) is 0 Å². The fourth-order valence-corrected chi connectivity index (χ4v) is 9.05. The first-order chi connectivity index (χ1) is 8.23. The van der Waals surface area contributed by atoms with E-state index < -0.39 is 7.38 Å². The van der Waals surface area contributed by atoms with Crippen LogP contribution in [0.2, 0.25) is 10.1 Å². The predicted molar refractivity (Wildman–Crippen MR) is 86.3 cm³/mol. The van der Waals surface area contributed by atoms with E-state index in [0.717, 1.165) is 12.8 Å². The lowest BCUT2D eigenvalue weighted by Gasteiger charge is -2.50. The summed E-state index contributed by atoms with van der Waals surface area (Å²) in [6.07, 6.45) is 2.25. The van der Waals surface area contributed by atoms with E-state index in [1.165, 1.54) is 5.19 Å². The highest BCUT2D eigenvalue weighted by atomic mass is 35.6. The molecule has 0 aliphatic carbocycles. The van der Waals surface area contributed by atoms with Crippen molar-refractivity contribution in [3.05, 3.63) is 30.3 Å². The van der Waals surface area contributed by atoms with Crippen LogP contribution in [-0.2, 0) is 0 Å². The number of rotatable bonds is 5. The largest absolute Gasteiger partial charge is 0.197 e. The highest BCUT2D eigenvalue weighted by molar-refractivity contribution is 7.30. The van der Waals surface area contributed by atoms with Crippen LogP contribution in [0.3, 0.4) is 0 Å². The Hall–Kier alpha value is -0.273. The second kappa shape index (κ2) is 5.38. The molecule has 1 aromatic carbocycles. The van der Waals surface area contributed by atoms with Gasteiger partial charge in [0.25, 0.3) is 0 Å². The minimum absolute atomic E-state index is 0.190. The maximum Gasteiger partial charge on any atom is 0.197 e. The fourth-order valence-electron chi connectivity index (χ4n) is 2.85. The van der Waals surface area contributed by atoms with Crippen LogP contribution in [-0.4, -0.2) is 7.38 Å². The molecule has 0 N–H and O–H groups in total. The monoisotopic (exact) mass is 282 g/mol. The summed E-state index contributed by atoms with van der Waals surface area (Å²) in [4.78, 5) is 0. The van der Waals surface area contributed by atoms with E-state index in [2.05, 4.69) is 71.9 Å². The van der Waals surface area contributed by atoms with Crippen LogP contribution >= 0.6 is 11.1 Å². The van der Waals surface area contributed by atoms with Gasteiger partial charge in [0, 0.05) is 0 Å². The standard InChI is InChI=1S/C16H27ClSi/c1-7-15(3,4)18(17,16(5,6)8-2)14-12-10-9-11-13-14/h9-13H,7-8H2,1-6H3. The Morgan fingerprint density at radius 2 is 1.28 bits per heavy atom. The van der Waals surface area contributed by atoms with Gasteiger partial charge in [-0.3, -0.25) is 0 Å². The Bertz CT molecular complexity index is 365. The van der Waals surface area contributed by atoms with Gasteiger partial charge in [-0.1, -0.05) is 84.7 Å². The van der Waals surface area contributed by atoms with Gasteiger partial charge in [-0.15, -0.1) is 0 Å². The van der Waals surface area contributed by atoms with Crippen molar-refractivity contribution in [3.63, 3.8) is 0 Å². The van der Waals surface area contributed by atoms with Gasteiger partial charge in [-0.25, -0.2) is 0 Å². The topological polar surface area (TPSA) is 0 Å². The van der Waals surface area contributed by atoms with Gasteiger partial charge < -0.3 is 0 Å². The summed E-state index contributed by atoms with van der Waals surface area (Å²) in [5, 5.41) is 1.76. The third-order valence-electron chi connectivity index (χ3n) is 4.80. The first-order valence-electron chi connectivity index (χ1n) is 6.97. The van der Waals surface area contributed by atoms with Crippen molar-refractivity contribution in [1.82, 2.24) is 0 Å².